The molecule has 146 valence electrons. The van der Waals surface area contributed by atoms with Gasteiger partial charge in [0.1, 0.15) is 5.75 Å². The molecule has 1 atom stereocenters. The summed E-state index contributed by atoms with van der Waals surface area (Å²) in [6, 6.07) is 21.1. The van der Waals surface area contributed by atoms with Crippen molar-refractivity contribution in [2.75, 3.05) is 19.5 Å². The summed E-state index contributed by atoms with van der Waals surface area (Å²) in [5.74, 6) is 1.05. The summed E-state index contributed by atoms with van der Waals surface area (Å²) in [5, 5.41) is 6.23. The molecule has 0 fully saturated rings. The van der Waals surface area contributed by atoms with Crippen molar-refractivity contribution in [3.05, 3.63) is 95.3 Å². The SMILES string of the molecule is CNc1nc([C@@H](Cc2ccc(-c3ccncc3)cc2)c2ccc(OC)cc2)cs1. The van der Waals surface area contributed by atoms with Crippen LogP contribution in [0.15, 0.2) is 78.4 Å². The Kier molecular flexibility index (Phi) is 5.86. The molecule has 29 heavy (non-hydrogen) atoms. The van der Waals surface area contributed by atoms with Crippen LogP contribution in [-0.2, 0) is 6.42 Å². The lowest BCUT2D eigenvalue weighted by Crippen LogP contribution is -2.06. The van der Waals surface area contributed by atoms with Crippen LogP contribution in [0.4, 0.5) is 5.13 Å². The molecule has 0 spiro atoms. The van der Waals surface area contributed by atoms with Crippen LogP contribution in [-0.4, -0.2) is 24.1 Å². The number of benzene rings is 2. The summed E-state index contributed by atoms with van der Waals surface area (Å²) in [6.45, 7) is 0. The van der Waals surface area contributed by atoms with E-state index in [2.05, 4.69) is 52.1 Å². The highest BCUT2D eigenvalue weighted by atomic mass is 32.1. The molecule has 2 aromatic heterocycles. The normalized spacial score (nSPS) is 11.8. The number of hydrogen-bond acceptors (Lipinski definition) is 5. The van der Waals surface area contributed by atoms with Gasteiger partial charge in [-0.25, -0.2) is 4.98 Å². The monoisotopic (exact) mass is 401 g/mol. The standard InChI is InChI=1S/C24H23N3OS/c1-25-24-27-23(16-29-24)22(20-7-9-21(28-2)10-8-20)15-17-3-5-18(6-4-17)19-11-13-26-14-12-19/h3-14,16,22H,15H2,1-2H3,(H,25,27)/t22-/m0/s1. The second-order valence-corrected chi connectivity index (χ2v) is 7.65. The molecule has 0 unspecified atom stereocenters. The minimum atomic E-state index is 0.186. The summed E-state index contributed by atoms with van der Waals surface area (Å²) in [5.41, 5.74) is 5.97. The number of ether oxygens (including phenoxy) is 1. The zero-order valence-corrected chi connectivity index (χ0v) is 17.3. The molecule has 0 radical (unpaired) electrons. The number of methoxy groups -OCH3 is 1. The van der Waals surface area contributed by atoms with Crippen LogP contribution in [0.3, 0.4) is 0 Å². The molecule has 4 aromatic rings. The van der Waals surface area contributed by atoms with Gasteiger partial charge in [-0.2, -0.15) is 0 Å². The summed E-state index contributed by atoms with van der Waals surface area (Å²) in [4.78, 5) is 8.87. The number of hydrogen-bond donors (Lipinski definition) is 1. The first-order valence-electron chi connectivity index (χ1n) is 9.53. The van der Waals surface area contributed by atoms with Crippen LogP contribution in [0.2, 0.25) is 0 Å². The van der Waals surface area contributed by atoms with Gasteiger partial charge in [-0.3, -0.25) is 4.98 Å². The third-order valence-corrected chi connectivity index (χ3v) is 5.90. The van der Waals surface area contributed by atoms with E-state index in [-0.39, 0.29) is 5.92 Å². The van der Waals surface area contributed by atoms with Crippen LogP contribution in [0.1, 0.15) is 22.7 Å². The number of pyridine rings is 1. The Hall–Kier alpha value is -3.18. The molecule has 2 heterocycles. The molecule has 4 nitrogen and oxygen atoms in total. The fraction of sp³-hybridized carbons (Fsp3) is 0.167. The molecule has 0 aliphatic rings. The maximum atomic E-state index is 5.32. The lowest BCUT2D eigenvalue weighted by Gasteiger charge is -2.16. The number of nitrogens with zero attached hydrogens (tertiary/aromatic N) is 2. The molecular weight excluding hydrogens is 378 g/mol. The van der Waals surface area contributed by atoms with Gasteiger partial charge in [0.15, 0.2) is 5.13 Å². The van der Waals surface area contributed by atoms with E-state index in [0.29, 0.717) is 0 Å². The average Bonchev–Trinajstić information content (AvgIpc) is 3.28. The van der Waals surface area contributed by atoms with E-state index in [0.717, 1.165) is 23.0 Å². The van der Waals surface area contributed by atoms with Gasteiger partial charge in [0.25, 0.3) is 0 Å². The lowest BCUT2D eigenvalue weighted by molar-refractivity contribution is 0.414. The highest BCUT2D eigenvalue weighted by Gasteiger charge is 2.18. The van der Waals surface area contributed by atoms with E-state index in [1.165, 1.54) is 22.3 Å². The van der Waals surface area contributed by atoms with E-state index in [1.807, 2.05) is 43.7 Å². The zero-order valence-electron chi connectivity index (χ0n) is 16.5. The molecule has 2 aromatic carbocycles. The number of thiazole rings is 1. The molecular formula is C24H23N3OS. The van der Waals surface area contributed by atoms with Gasteiger partial charge in [-0.1, -0.05) is 36.4 Å². The maximum Gasteiger partial charge on any atom is 0.182 e. The summed E-state index contributed by atoms with van der Waals surface area (Å²) >= 11 is 1.64. The molecule has 0 bridgehead atoms. The van der Waals surface area contributed by atoms with Gasteiger partial charge in [0.2, 0.25) is 0 Å². The highest BCUT2D eigenvalue weighted by Crippen LogP contribution is 2.32. The third kappa shape index (κ3) is 4.46. The molecule has 0 saturated heterocycles. The van der Waals surface area contributed by atoms with Gasteiger partial charge in [0, 0.05) is 30.7 Å². The van der Waals surface area contributed by atoms with Crippen molar-refractivity contribution in [1.29, 1.82) is 0 Å². The molecule has 1 N–H and O–H groups in total. The van der Waals surface area contributed by atoms with Crippen LogP contribution in [0, 0.1) is 0 Å². The van der Waals surface area contributed by atoms with Crippen molar-refractivity contribution < 1.29 is 4.74 Å². The van der Waals surface area contributed by atoms with E-state index in [4.69, 9.17) is 9.72 Å². The van der Waals surface area contributed by atoms with Gasteiger partial charge >= 0.3 is 0 Å². The summed E-state index contributed by atoms with van der Waals surface area (Å²) in [7, 11) is 3.60. The first-order chi connectivity index (χ1) is 14.3. The largest absolute Gasteiger partial charge is 0.497 e. The zero-order chi connectivity index (χ0) is 20.1. The van der Waals surface area contributed by atoms with Gasteiger partial charge in [-0.15, -0.1) is 11.3 Å². The molecule has 0 aliphatic heterocycles. The van der Waals surface area contributed by atoms with Crippen molar-refractivity contribution in [2.45, 2.75) is 12.3 Å². The summed E-state index contributed by atoms with van der Waals surface area (Å²) < 4.78 is 5.32. The Bertz CT molecular complexity index is 1040. The topological polar surface area (TPSA) is 47.0 Å². The minimum Gasteiger partial charge on any atom is -0.497 e. The number of nitrogens with one attached hydrogen (secondary N) is 1. The van der Waals surface area contributed by atoms with E-state index in [1.54, 1.807) is 18.4 Å². The van der Waals surface area contributed by atoms with E-state index < -0.39 is 0 Å². The van der Waals surface area contributed by atoms with Crippen LogP contribution >= 0.6 is 11.3 Å². The molecule has 4 rings (SSSR count). The third-order valence-electron chi connectivity index (χ3n) is 5.02. The van der Waals surface area contributed by atoms with E-state index >= 15 is 0 Å². The summed E-state index contributed by atoms with van der Waals surface area (Å²) in [6.07, 6.45) is 4.53. The molecule has 0 saturated carbocycles. The Labute approximate surface area is 175 Å². The molecule has 0 amide bonds. The second kappa shape index (κ2) is 8.88. The average molecular weight is 402 g/mol. The Morgan fingerprint density at radius 2 is 1.62 bits per heavy atom. The fourth-order valence-electron chi connectivity index (χ4n) is 3.40. The van der Waals surface area contributed by atoms with Crippen molar-refractivity contribution >= 4 is 16.5 Å². The Morgan fingerprint density at radius 3 is 2.24 bits per heavy atom. The van der Waals surface area contributed by atoms with Gasteiger partial charge in [-0.05, 0) is 52.9 Å². The van der Waals surface area contributed by atoms with E-state index in [9.17, 15) is 0 Å². The van der Waals surface area contributed by atoms with Gasteiger partial charge in [0.05, 0.1) is 12.8 Å². The number of aromatic nitrogens is 2. The maximum absolute atomic E-state index is 5.32. The lowest BCUT2D eigenvalue weighted by atomic mass is 9.89. The molecule has 5 heteroatoms. The number of anilines is 1. The molecule has 0 aliphatic carbocycles. The number of rotatable bonds is 7. The quantitative estimate of drug-likeness (QED) is 0.436. The van der Waals surface area contributed by atoms with Crippen LogP contribution < -0.4 is 10.1 Å². The van der Waals surface area contributed by atoms with Gasteiger partial charge < -0.3 is 10.1 Å². The van der Waals surface area contributed by atoms with Crippen molar-refractivity contribution in [3.63, 3.8) is 0 Å². The predicted molar refractivity (Wildman–Crippen MR) is 120 cm³/mol. The Morgan fingerprint density at radius 1 is 0.931 bits per heavy atom. The highest BCUT2D eigenvalue weighted by molar-refractivity contribution is 7.13. The second-order valence-electron chi connectivity index (χ2n) is 6.79. The first kappa shape index (κ1) is 19.2. The van der Waals surface area contributed by atoms with Crippen molar-refractivity contribution in [1.82, 2.24) is 9.97 Å². The van der Waals surface area contributed by atoms with Crippen LogP contribution in [0.25, 0.3) is 11.1 Å². The minimum absolute atomic E-state index is 0.186. The fourth-order valence-corrected chi connectivity index (χ4v) is 4.13. The van der Waals surface area contributed by atoms with Crippen molar-refractivity contribution in [2.24, 2.45) is 0 Å². The predicted octanol–water partition coefficient (Wildman–Crippen LogP) is 5.63. The first-order valence-corrected chi connectivity index (χ1v) is 10.4. The Balaban J connectivity index is 1.62. The van der Waals surface area contributed by atoms with Crippen molar-refractivity contribution in [3.8, 4) is 16.9 Å². The smallest absolute Gasteiger partial charge is 0.182 e. The van der Waals surface area contributed by atoms with Crippen LogP contribution in [0.5, 0.6) is 5.75 Å².